The van der Waals surface area contributed by atoms with Crippen molar-refractivity contribution in [2.45, 2.75) is 18.4 Å². The minimum Gasteiger partial charge on any atom is -0.550 e. The molecule has 14 heavy (non-hydrogen) atoms. The molecule has 0 saturated carbocycles. The number of aliphatic hydroxyl groups is 1. The molecule has 0 aliphatic carbocycles. The van der Waals surface area contributed by atoms with E-state index in [1.54, 1.807) is 0 Å². The van der Waals surface area contributed by atoms with Gasteiger partial charge >= 0.3 is 0 Å². The van der Waals surface area contributed by atoms with E-state index in [0.717, 1.165) is 0 Å². The van der Waals surface area contributed by atoms with Crippen LogP contribution in [0.5, 0.6) is 0 Å². The minimum absolute atomic E-state index is 0. The summed E-state index contributed by atoms with van der Waals surface area (Å²) in [5.41, 5.74) is -2.97. The average Bonchev–Trinajstić information content (AvgIpc) is 1.82. The number of carbonyl (C=O) groups is 3. The maximum atomic E-state index is 10.1. The first-order valence-corrected chi connectivity index (χ1v) is 3.11. The second-order valence-corrected chi connectivity index (χ2v) is 2.42. The highest BCUT2D eigenvalue weighted by Gasteiger charge is 2.29. The molecule has 0 aliphatic heterocycles. The van der Waals surface area contributed by atoms with Crippen LogP contribution < -0.4 is 15.3 Å². The second-order valence-electron chi connectivity index (χ2n) is 2.42. The Kier molecular flexibility index (Phi) is 5.45. The Labute approximate surface area is 77.7 Å². The molecular formula is C6H7O8-3. The molecule has 0 rings (SSSR count). The van der Waals surface area contributed by atoms with Gasteiger partial charge in [-0.15, -0.1) is 0 Å². The van der Waals surface area contributed by atoms with Crippen molar-refractivity contribution >= 4 is 17.9 Å². The SMILES string of the molecule is O.O=C([O-])CC(O)(CC(=O)[O-])C(=O)[O-]. The molecule has 8 heteroatoms. The van der Waals surface area contributed by atoms with Gasteiger partial charge in [0.25, 0.3) is 0 Å². The zero-order valence-electron chi connectivity index (χ0n) is 6.81. The summed E-state index contributed by atoms with van der Waals surface area (Å²) in [5.74, 6) is -5.98. The lowest BCUT2D eigenvalue weighted by molar-refractivity contribution is -0.339. The minimum atomic E-state index is -2.97. The molecular weight excluding hydrogens is 200 g/mol. The molecule has 0 amide bonds. The van der Waals surface area contributed by atoms with Crippen molar-refractivity contribution in [1.82, 2.24) is 0 Å². The number of carboxylic acid groups (broad SMARTS) is 3. The average molecular weight is 207 g/mol. The molecule has 0 spiro atoms. The highest BCUT2D eigenvalue weighted by Crippen LogP contribution is 2.13. The summed E-state index contributed by atoms with van der Waals surface area (Å²) < 4.78 is 0. The molecule has 0 aromatic heterocycles. The lowest BCUT2D eigenvalue weighted by Gasteiger charge is -2.29. The monoisotopic (exact) mass is 207 g/mol. The Morgan fingerprint density at radius 2 is 1.29 bits per heavy atom. The standard InChI is InChI=1S/C6H8O7.H2O/c7-3(8)1-6(13,5(11)12)2-4(9)10;/h13H,1-2H2,(H,7,8)(H,9,10)(H,11,12);1H2/p-3. The highest BCUT2D eigenvalue weighted by molar-refractivity contribution is 5.86. The van der Waals surface area contributed by atoms with Crippen molar-refractivity contribution in [2.75, 3.05) is 0 Å². The summed E-state index contributed by atoms with van der Waals surface area (Å²) in [7, 11) is 0. The summed E-state index contributed by atoms with van der Waals surface area (Å²) in [4.78, 5) is 30.0. The maximum absolute atomic E-state index is 10.1. The van der Waals surface area contributed by atoms with Crippen molar-refractivity contribution < 1.29 is 40.3 Å². The van der Waals surface area contributed by atoms with Gasteiger partial charge in [-0.1, -0.05) is 0 Å². The number of hydrogen-bond donors (Lipinski definition) is 1. The normalized spacial score (nSPS) is 10.1. The Balaban J connectivity index is 0. The van der Waals surface area contributed by atoms with Crippen LogP contribution in [0.1, 0.15) is 12.8 Å². The van der Waals surface area contributed by atoms with Gasteiger partial charge < -0.3 is 40.3 Å². The maximum Gasteiger partial charge on any atom is 0.114 e. The van der Waals surface area contributed by atoms with Gasteiger partial charge in [0.1, 0.15) is 5.60 Å². The van der Waals surface area contributed by atoms with Crippen LogP contribution in [0.4, 0.5) is 0 Å². The Hall–Kier alpha value is -1.67. The molecule has 82 valence electrons. The lowest BCUT2D eigenvalue weighted by atomic mass is 9.96. The van der Waals surface area contributed by atoms with Gasteiger partial charge in [0, 0.05) is 24.8 Å². The molecule has 0 aromatic carbocycles. The Bertz CT molecular complexity index is 228. The second kappa shape index (κ2) is 5.14. The first-order chi connectivity index (χ1) is 5.78. The van der Waals surface area contributed by atoms with Crippen molar-refractivity contribution in [3.05, 3.63) is 0 Å². The Morgan fingerprint density at radius 3 is 1.43 bits per heavy atom. The van der Waals surface area contributed by atoms with E-state index in [0.29, 0.717) is 0 Å². The molecule has 0 aliphatic rings. The molecule has 0 saturated heterocycles. The third-order valence-electron chi connectivity index (χ3n) is 1.25. The van der Waals surface area contributed by atoms with E-state index >= 15 is 0 Å². The molecule has 3 N–H and O–H groups in total. The smallest absolute Gasteiger partial charge is 0.114 e. The summed E-state index contributed by atoms with van der Waals surface area (Å²) in [6.07, 6.45) is -2.72. The fraction of sp³-hybridized carbons (Fsp3) is 0.500. The fourth-order valence-corrected chi connectivity index (χ4v) is 0.684. The van der Waals surface area contributed by atoms with Crippen molar-refractivity contribution in [3.63, 3.8) is 0 Å². The molecule has 0 unspecified atom stereocenters. The van der Waals surface area contributed by atoms with Crippen molar-refractivity contribution in [2.24, 2.45) is 0 Å². The predicted octanol–water partition coefficient (Wildman–Crippen LogP) is -6.08. The van der Waals surface area contributed by atoms with Gasteiger partial charge in [0.15, 0.2) is 0 Å². The van der Waals surface area contributed by atoms with Crippen LogP contribution in [-0.4, -0.2) is 34.1 Å². The quantitative estimate of drug-likeness (QED) is 0.466. The first kappa shape index (κ1) is 14.8. The van der Waals surface area contributed by atoms with Gasteiger partial charge in [-0.05, 0) is 0 Å². The molecule has 0 radical (unpaired) electrons. The molecule has 8 nitrogen and oxygen atoms in total. The summed E-state index contributed by atoms with van der Waals surface area (Å²) in [6.45, 7) is 0. The van der Waals surface area contributed by atoms with Gasteiger partial charge in [-0.2, -0.15) is 0 Å². The van der Waals surface area contributed by atoms with E-state index in [2.05, 4.69) is 0 Å². The van der Waals surface area contributed by atoms with E-state index in [4.69, 9.17) is 5.11 Å². The van der Waals surface area contributed by atoms with E-state index in [-0.39, 0.29) is 5.48 Å². The van der Waals surface area contributed by atoms with Gasteiger partial charge in [-0.3, -0.25) is 0 Å². The third-order valence-corrected chi connectivity index (χ3v) is 1.25. The summed E-state index contributed by atoms with van der Waals surface area (Å²) >= 11 is 0. The van der Waals surface area contributed by atoms with Crippen molar-refractivity contribution in [1.29, 1.82) is 0 Å². The molecule has 0 aromatic rings. The number of aliphatic carboxylic acids is 3. The lowest BCUT2D eigenvalue weighted by Crippen LogP contribution is -2.54. The first-order valence-electron chi connectivity index (χ1n) is 3.11. The molecule has 0 atom stereocenters. The van der Waals surface area contributed by atoms with E-state index in [9.17, 15) is 29.7 Å². The van der Waals surface area contributed by atoms with Crippen LogP contribution in [0.3, 0.4) is 0 Å². The van der Waals surface area contributed by atoms with Crippen molar-refractivity contribution in [3.8, 4) is 0 Å². The zero-order chi connectivity index (χ0) is 10.6. The molecule has 0 bridgehead atoms. The summed E-state index contributed by atoms with van der Waals surface area (Å²) in [6, 6.07) is 0. The highest BCUT2D eigenvalue weighted by atomic mass is 16.4. The van der Waals surface area contributed by atoms with Gasteiger partial charge in [-0.25, -0.2) is 0 Å². The molecule has 0 fully saturated rings. The Morgan fingerprint density at radius 1 is 1.00 bits per heavy atom. The number of carboxylic acids is 3. The van der Waals surface area contributed by atoms with Crippen LogP contribution >= 0.6 is 0 Å². The topological polar surface area (TPSA) is 172 Å². The van der Waals surface area contributed by atoms with Crippen LogP contribution in [-0.2, 0) is 14.4 Å². The number of rotatable bonds is 5. The number of carbonyl (C=O) groups excluding carboxylic acids is 3. The van der Waals surface area contributed by atoms with E-state index in [1.807, 2.05) is 0 Å². The van der Waals surface area contributed by atoms with Crippen LogP contribution in [0, 0.1) is 0 Å². The zero-order valence-corrected chi connectivity index (χ0v) is 6.81. The van der Waals surface area contributed by atoms with Crippen LogP contribution in [0.25, 0.3) is 0 Å². The summed E-state index contributed by atoms with van der Waals surface area (Å²) in [5, 5.41) is 38.9. The van der Waals surface area contributed by atoms with E-state index < -0.39 is 36.4 Å². The van der Waals surface area contributed by atoms with Gasteiger partial charge in [0.05, 0.1) is 5.97 Å². The van der Waals surface area contributed by atoms with Gasteiger partial charge in [0.2, 0.25) is 0 Å². The largest absolute Gasteiger partial charge is 0.550 e. The predicted molar refractivity (Wildman–Crippen MR) is 32.8 cm³/mol. The molecule has 0 heterocycles. The van der Waals surface area contributed by atoms with E-state index in [1.165, 1.54) is 0 Å². The number of hydrogen-bond acceptors (Lipinski definition) is 7. The third kappa shape index (κ3) is 4.38. The fourth-order valence-electron chi connectivity index (χ4n) is 0.684. The van der Waals surface area contributed by atoms with Crippen LogP contribution in [0.15, 0.2) is 0 Å². The van der Waals surface area contributed by atoms with Crippen LogP contribution in [0.2, 0.25) is 0 Å².